The average molecular weight is 239 g/mol. The molecule has 0 aliphatic heterocycles. The first-order valence-corrected chi connectivity index (χ1v) is 5.68. The van der Waals surface area contributed by atoms with Crippen LogP contribution in [0.1, 0.15) is 24.2 Å². The summed E-state index contributed by atoms with van der Waals surface area (Å²) >= 11 is 0. The summed E-state index contributed by atoms with van der Waals surface area (Å²) in [6, 6.07) is 4.29. The molecule has 1 aromatic rings. The van der Waals surface area contributed by atoms with Crippen LogP contribution < -0.4 is 10.1 Å². The van der Waals surface area contributed by atoms with Gasteiger partial charge in [0.1, 0.15) is 0 Å². The monoisotopic (exact) mass is 239 g/mol. The Morgan fingerprint density at radius 3 is 2.76 bits per heavy atom. The molecule has 1 rings (SSSR count). The van der Waals surface area contributed by atoms with E-state index in [0.717, 1.165) is 6.54 Å². The predicted molar refractivity (Wildman–Crippen MR) is 65.0 cm³/mol. The van der Waals surface area contributed by atoms with Gasteiger partial charge < -0.3 is 10.1 Å². The van der Waals surface area contributed by atoms with Gasteiger partial charge in [-0.05, 0) is 24.7 Å². The summed E-state index contributed by atoms with van der Waals surface area (Å²) in [6.07, 6.45) is 0. The number of hydrogen-bond donors (Lipinski definition) is 1. The van der Waals surface area contributed by atoms with E-state index in [0.29, 0.717) is 12.1 Å². The van der Waals surface area contributed by atoms with Crippen molar-refractivity contribution in [2.24, 2.45) is 5.92 Å². The molecule has 0 spiro atoms. The molecular formula is C13H18FNO2. The molecule has 0 saturated heterocycles. The molecule has 94 valence electrons. The first-order chi connectivity index (χ1) is 8.10. The lowest BCUT2D eigenvalue weighted by molar-refractivity contribution is 0.0929. The van der Waals surface area contributed by atoms with Gasteiger partial charge in [-0.15, -0.1) is 0 Å². The van der Waals surface area contributed by atoms with Crippen LogP contribution in [-0.2, 0) is 0 Å². The van der Waals surface area contributed by atoms with E-state index < -0.39 is 5.82 Å². The smallest absolute Gasteiger partial charge is 0.167 e. The fraction of sp³-hybridized carbons (Fsp3) is 0.462. The van der Waals surface area contributed by atoms with Gasteiger partial charge in [-0.1, -0.05) is 13.8 Å². The van der Waals surface area contributed by atoms with E-state index in [1.165, 1.54) is 19.2 Å². The van der Waals surface area contributed by atoms with Crippen molar-refractivity contribution < 1.29 is 13.9 Å². The number of ether oxygens (including phenoxy) is 1. The molecule has 1 atom stereocenters. The molecule has 1 N–H and O–H groups in total. The highest BCUT2D eigenvalue weighted by atomic mass is 19.1. The summed E-state index contributed by atoms with van der Waals surface area (Å²) in [4.78, 5) is 12.0. The molecule has 0 amide bonds. The number of halogens is 1. The molecule has 3 nitrogen and oxygen atoms in total. The number of methoxy groups -OCH3 is 1. The molecule has 0 radical (unpaired) electrons. The topological polar surface area (TPSA) is 38.3 Å². The second-order valence-corrected chi connectivity index (χ2v) is 3.92. The van der Waals surface area contributed by atoms with Crippen molar-refractivity contribution in [1.82, 2.24) is 5.32 Å². The lowest BCUT2D eigenvalue weighted by atomic mass is 9.99. The maximum Gasteiger partial charge on any atom is 0.167 e. The van der Waals surface area contributed by atoms with Crippen molar-refractivity contribution in [3.05, 3.63) is 29.6 Å². The number of carbonyl (C=O) groups excluding carboxylic acids is 1. The second kappa shape index (κ2) is 6.35. The molecule has 0 fully saturated rings. The quantitative estimate of drug-likeness (QED) is 0.774. The Labute approximate surface area is 101 Å². The van der Waals surface area contributed by atoms with Gasteiger partial charge in [-0.3, -0.25) is 4.79 Å². The summed E-state index contributed by atoms with van der Waals surface area (Å²) in [5.41, 5.74) is 0.383. The molecular weight excluding hydrogens is 221 g/mol. The third kappa shape index (κ3) is 3.53. The molecule has 4 heteroatoms. The van der Waals surface area contributed by atoms with Crippen molar-refractivity contribution >= 4 is 5.78 Å². The molecule has 1 unspecified atom stereocenters. The number of hydrogen-bond acceptors (Lipinski definition) is 3. The van der Waals surface area contributed by atoms with Gasteiger partial charge in [0.25, 0.3) is 0 Å². The van der Waals surface area contributed by atoms with Crippen LogP contribution in [0.4, 0.5) is 4.39 Å². The highest BCUT2D eigenvalue weighted by Crippen LogP contribution is 2.19. The summed E-state index contributed by atoms with van der Waals surface area (Å²) in [6.45, 7) is 5.22. The van der Waals surface area contributed by atoms with E-state index in [9.17, 15) is 9.18 Å². The summed E-state index contributed by atoms with van der Waals surface area (Å²) < 4.78 is 18.2. The van der Waals surface area contributed by atoms with Crippen LogP contribution in [0.25, 0.3) is 0 Å². The van der Waals surface area contributed by atoms with Crippen molar-refractivity contribution in [2.75, 3.05) is 20.2 Å². The Morgan fingerprint density at radius 2 is 2.24 bits per heavy atom. The molecule has 0 saturated carbocycles. The van der Waals surface area contributed by atoms with Gasteiger partial charge in [0, 0.05) is 18.0 Å². The fourth-order valence-electron chi connectivity index (χ4n) is 1.56. The lowest BCUT2D eigenvalue weighted by Crippen LogP contribution is -2.26. The number of Topliss-reactive ketones (excluding diaryl/α,β-unsaturated/α-hetero) is 1. The van der Waals surface area contributed by atoms with E-state index in [1.807, 2.05) is 13.8 Å². The van der Waals surface area contributed by atoms with E-state index in [1.54, 1.807) is 6.07 Å². The zero-order valence-corrected chi connectivity index (χ0v) is 10.4. The third-order valence-corrected chi connectivity index (χ3v) is 2.58. The van der Waals surface area contributed by atoms with Crippen LogP contribution in [0.3, 0.4) is 0 Å². The number of rotatable bonds is 6. The molecule has 0 aliphatic carbocycles. The normalized spacial score (nSPS) is 12.2. The van der Waals surface area contributed by atoms with Crippen LogP contribution in [0.15, 0.2) is 18.2 Å². The SMILES string of the molecule is CCNCC(C)C(=O)c1ccc(OC)c(F)c1. The Bertz CT molecular complexity index is 393. The lowest BCUT2D eigenvalue weighted by Gasteiger charge is -2.11. The maximum absolute atomic E-state index is 13.4. The fourth-order valence-corrected chi connectivity index (χ4v) is 1.56. The summed E-state index contributed by atoms with van der Waals surface area (Å²) in [7, 11) is 1.40. The first-order valence-electron chi connectivity index (χ1n) is 5.68. The maximum atomic E-state index is 13.4. The van der Waals surface area contributed by atoms with Crippen LogP contribution in [-0.4, -0.2) is 26.0 Å². The van der Waals surface area contributed by atoms with E-state index >= 15 is 0 Å². The minimum atomic E-state index is -0.506. The Balaban J connectivity index is 2.78. The van der Waals surface area contributed by atoms with Crippen LogP contribution >= 0.6 is 0 Å². The highest BCUT2D eigenvalue weighted by molar-refractivity contribution is 5.97. The van der Waals surface area contributed by atoms with Gasteiger partial charge >= 0.3 is 0 Å². The molecule has 17 heavy (non-hydrogen) atoms. The zero-order valence-electron chi connectivity index (χ0n) is 10.4. The molecule has 1 aromatic carbocycles. The molecule has 0 aliphatic rings. The van der Waals surface area contributed by atoms with Gasteiger partial charge in [0.2, 0.25) is 0 Å². The summed E-state index contributed by atoms with van der Waals surface area (Å²) in [5.74, 6) is -0.579. The highest BCUT2D eigenvalue weighted by Gasteiger charge is 2.16. The van der Waals surface area contributed by atoms with Crippen LogP contribution in [0.2, 0.25) is 0 Å². The van der Waals surface area contributed by atoms with E-state index in [4.69, 9.17) is 4.74 Å². The number of carbonyl (C=O) groups is 1. The van der Waals surface area contributed by atoms with E-state index in [-0.39, 0.29) is 17.5 Å². The molecule has 0 aromatic heterocycles. The minimum Gasteiger partial charge on any atom is -0.494 e. The van der Waals surface area contributed by atoms with Gasteiger partial charge in [0.05, 0.1) is 7.11 Å². The van der Waals surface area contributed by atoms with Crippen molar-refractivity contribution in [3.63, 3.8) is 0 Å². The second-order valence-electron chi connectivity index (χ2n) is 3.92. The minimum absolute atomic E-state index is 0.0625. The first kappa shape index (κ1) is 13.6. The third-order valence-electron chi connectivity index (χ3n) is 2.58. The van der Waals surface area contributed by atoms with Crippen LogP contribution in [0.5, 0.6) is 5.75 Å². The number of ketones is 1. The average Bonchev–Trinajstić information content (AvgIpc) is 2.34. The Kier molecular flexibility index (Phi) is 5.10. The van der Waals surface area contributed by atoms with Gasteiger partial charge in [-0.25, -0.2) is 4.39 Å². The Hall–Kier alpha value is -1.42. The Morgan fingerprint density at radius 1 is 1.53 bits per heavy atom. The van der Waals surface area contributed by atoms with Crippen molar-refractivity contribution in [2.45, 2.75) is 13.8 Å². The van der Waals surface area contributed by atoms with E-state index in [2.05, 4.69) is 5.32 Å². The van der Waals surface area contributed by atoms with Crippen molar-refractivity contribution in [3.8, 4) is 5.75 Å². The van der Waals surface area contributed by atoms with Gasteiger partial charge in [0.15, 0.2) is 17.3 Å². The summed E-state index contributed by atoms with van der Waals surface area (Å²) in [5, 5.41) is 3.10. The number of benzene rings is 1. The largest absolute Gasteiger partial charge is 0.494 e. The van der Waals surface area contributed by atoms with Crippen LogP contribution in [0, 0.1) is 11.7 Å². The molecule has 0 bridgehead atoms. The standard InChI is InChI=1S/C13H18FNO2/c1-4-15-8-9(2)13(16)10-5-6-12(17-3)11(14)7-10/h5-7,9,15H,4,8H2,1-3H3. The number of nitrogens with one attached hydrogen (secondary N) is 1. The van der Waals surface area contributed by atoms with Gasteiger partial charge in [-0.2, -0.15) is 0 Å². The molecule has 0 heterocycles. The zero-order chi connectivity index (χ0) is 12.8. The van der Waals surface area contributed by atoms with Crippen molar-refractivity contribution in [1.29, 1.82) is 0 Å². The predicted octanol–water partition coefficient (Wildman–Crippen LogP) is 2.26.